The van der Waals surface area contributed by atoms with E-state index in [9.17, 15) is 9.59 Å². The minimum atomic E-state index is -1.09. The van der Waals surface area contributed by atoms with Crippen molar-refractivity contribution in [1.29, 1.82) is 0 Å². The second-order valence-corrected chi connectivity index (χ2v) is 4.79. The van der Waals surface area contributed by atoms with Crippen molar-refractivity contribution in [3.05, 3.63) is 29.8 Å². The Kier molecular flexibility index (Phi) is 11.3. The van der Waals surface area contributed by atoms with Crippen molar-refractivity contribution in [3.8, 4) is 5.75 Å². The maximum atomic E-state index is 11.7. The number of unbranched alkanes of at least 4 members (excludes halogenated alkanes) is 5. The second-order valence-electron chi connectivity index (χ2n) is 4.79. The molecule has 1 rings (SSSR count). The van der Waals surface area contributed by atoms with Crippen molar-refractivity contribution in [3.63, 3.8) is 0 Å². The van der Waals surface area contributed by atoms with Crippen LogP contribution in [0.4, 0.5) is 0 Å². The largest absolute Gasteiger partial charge is 1.00 e. The van der Waals surface area contributed by atoms with E-state index in [4.69, 9.17) is 9.84 Å². The molecule has 5 heteroatoms. The molecule has 1 aromatic carbocycles. The standard InChI is InChI=1S/C16H22O4.Na.H/c1-2-3-4-5-6-7-12-15(17)20-14-11-9-8-10-13(14)16(18)19;;/h8-11H,2-7,12H2,1H3,(H,18,19);;/q;+1;-1. The van der Waals surface area contributed by atoms with Gasteiger partial charge in [0.25, 0.3) is 0 Å². The van der Waals surface area contributed by atoms with Crippen LogP contribution in [-0.4, -0.2) is 17.0 Å². The summed E-state index contributed by atoms with van der Waals surface area (Å²) < 4.78 is 5.11. The maximum Gasteiger partial charge on any atom is 1.00 e. The summed E-state index contributed by atoms with van der Waals surface area (Å²) in [5.41, 5.74) is 0.0174. The predicted octanol–water partition coefficient (Wildman–Crippen LogP) is 1.16. The average Bonchev–Trinajstić information content (AvgIpc) is 2.43. The zero-order valence-corrected chi connectivity index (χ0v) is 14.9. The molecule has 0 unspecified atom stereocenters. The van der Waals surface area contributed by atoms with Crippen molar-refractivity contribution in [1.82, 2.24) is 0 Å². The van der Waals surface area contributed by atoms with Crippen LogP contribution < -0.4 is 34.3 Å². The van der Waals surface area contributed by atoms with Gasteiger partial charge in [0.1, 0.15) is 11.3 Å². The molecule has 0 radical (unpaired) electrons. The van der Waals surface area contributed by atoms with Gasteiger partial charge in [0.2, 0.25) is 0 Å². The molecule has 0 amide bonds. The van der Waals surface area contributed by atoms with E-state index in [-0.39, 0.29) is 48.3 Å². The molecular formula is C16H23NaO4. The number of carbonyl (C=O) groups is 2. The van der Waals surface area contributed by atoms with Crippen LogP contribution in [0.5, 0.6) is 5.75 Å². The van der Waals surface area contributed by atoms with Crippen LogP contribution in [0, 0.1) is 0 Å². The predicted molar refractivity (Wildman–Crippen MR) is 78.1 cm³/mol. The number of carbonyl (C=O) groups excluding carboxylic acids is 1. The smallest absolute Gasteiger partial charge is 1.00 e. The van der Waals surface area contributed by atoms with Crippen molar-refractivity contribution in [2.45, 2.75) is 51.9 Å². The van der Waals surface area contributed by atoms with Crippen molar-refractivity contribution >= 4 is 11.9 Å². The fourth-order valence-electron chi connectivity index (χ4n) is 1.96. The molecule has 0 bridgehead atoms. The molecule has 0 aliphatic rings. The first-order chi connectivity index (χ1) is 9.65. The molecule has 4 nitrogen and oxygen atoms in total. The Morgan fingerprint density at radius 3 is 2.38 bits per heavy atom. The van der Waals surface area contributed by atoms with E-state index in [2.05, 4.69) is 6.92 Å². The number of aromatic carboxylic acids is 1. The number of hydrogen-bond donors (Lipinski definition) is 1. The Labute approximate surface area is 149 Å². The van der Waals surface area contributed by atoms with E-state index < -0.39 is 5.97 Å². The van der Waals surface area contributed by atoms with Crippen LogP contribution in [0.2, 0.25) is 0 Å². The molecule has 1 N–H and O–H groups in total. The fraction of sp³-hybridized carbons (Fsp3) is 0.500. The molecule has 0 heterocycles. The first-order valence-corrected chi connectivity index (χ1v) is 7.18. The van der Waals surface area contributed by atoms with E-state index in [1.54, 1.807) is 12.1 Å². The second kappa shape index (κ2) is 11.8. The van der Waals surface area contributed by atoms with Gasteiger partial charge in [-0.15, -0.1) is 0 Å². The van der Waals surface area contributed by atoms with Crippen LogP contribution in [0.3, 0.4) is 0 Å². The van der Waals surface area contributed by atoms with Gasteiger partial charge in [-0.3, -0.25) is 4.79 Å². The third kappa shape index (κ3) is 8.24. The third-order valence-electron chi connectivity index (χ3n) is 3.08. The molecule has 0 aliphatic carbocycles. The normalized spacial score (nSPS) is 9.76. The first kappa shape index (κ1) is 20.2. The van der Waals surface area contributed by atoms with Crippen LogP contribution in [0.25, 0.3) is 0 Å². The minimum Gasteiger partial charge on any atom is -1.00 e. The number of ether oxygens (including phenoxy) is 1. The fourth-order valence-corrected chi connectivity index (χ4v) is 1.96. The zero-order chi connectivity index (χ0) is 14.8. The maximum absolute atomic E-state index is 11.7. The Morgan fingerprint density at radius 1 is 1.10 bits per heavy atom. The first-order valence-electron chi connectivity index (χ1n) is 7.18. The van der Waals surface area contributed by atoms with Crippen molar-refractivity contribution in [2.75, 3.05) is 0 Å². The molecule has 0 spiro atoms. The molecule has 1 aromatic rings. The number of carboxylic acid groups (broad SMARTS) is 1. The Balaban J connectivity index is 0. The zero-order valence-electron chi connectivity index (χ0n) is 13.9. The number of esters is 1. The van der Waals surface area contributed by atoms with Crippen LogP contribution >= 0.6 is 0 Å². The van der Waals surface area contributed by atoms with Gasteiger partial charge in [-0.1, -0.05) is 51.2 Å². The van der Waals surface area contributed by atoms with E-state index in [1.165, 1.54) is 31.4 Å². The molecule has 0 atom stereocenters. The molecule has 0 fully saturated rings. The summed E-state index contributed by atoms with van der Waals surface area (Å²) >= 11 is 0. The van der Waals surface area contributed by atoms with Crippen molar-refractivity contribution < 1.29 is 50.4 Å². The van der Waals surface area contributed by atoms with Gasteiger partial charge in [-0.2, -0.15) is 0 Å². The van der Waals surface area contributed by atoms with Gasteiger partial charge in [-0.25, -0.2) is 4.79 Å². The quantitative estimate of drug-likeness (QED) is 0.322. The SMILES string of the molecule is CCCCCCCCC(=O)Oc1ccccc1C(=O)O.[H-].[Na+]. The average molecular weight is 302 g/mol. The molecule has 0 aromatic heterocycles. The van der Waals surface area contributed by atoms with E-state index in [1.807, 2.05) is 0 Å². The summed E-state index contributed by atoms with van der Waals surface area (Å²) in [6, 6.07) is 6.19. The van der Waals surface area contributed by atoms with E-state index >= 15 is 0 Å². The van der Waals surface area contributed by atoms with Crippen molar-refractivity contribution in [2.24, 2.45) is 0 Å². The van der Waals surface area contributed by atoms with Gasteiger partial charge in [0, 0.05) is 6.42 Å². The van der Waals surface area contributed by atoms with Crippen LogP contribution in [0.1, 0.15) is 63.7 Å². The van der Waals surface area contributed by atoms with Crippen LogP contribution in [-0.2, 0) is 4.79 Å². The van der Waals surface area contributed by atoms with Gasteiger partial charge in [0.15, 0.2) is 0 Å². The topological polar surface area (TPSA) is 63.6 Å². The number of carboxylic acids is 1. The van der Waals surface area contributed by atoms with Gasteiger partial charge in [-0.05, 0) is 18.6 Å². The summed E-state index contributed by atoms with van der Waals surface area (Å²) in [6.45, 7) is 2.16. The summed E-state index contributed by atoms with van der Waals surface area (Å²) in [5, 5.41) is 8.98. The van der Waals surface area contributed by atoms with Gasteiger partial charge in [0.05, 0.1) is 0 Å². The van der Waals surface area contributed by atoms with E-state index in [0.717, 1.165) is 19.3 Å². The molecule has 0 aliphatic heterocycles. The molecule has 112 valence electrons. The molecule has 21 heavy (non-hydrogen) atoms. The number of rotatable bonds is 9. The monoisotopic (exact) mass is 302 g/mol. The minimum absolute atomic E-state index is 0. The molecular weight excluding hydrogens is 279 g/mol. The Hall–Kier alpha value is -0.840. The van der Waals surface area contributed by atoms with Crippen LogP contribution in [0.15, 0.2) is 24.3 Å². The number of hydrogen-bond acceptors (Lipinski definition) is 3. The summed E-state index contributed by atoms with van der Waals surface area (Å²) in [6.07, 6.45) is 6.90. The Bertz CT molecular complexity index is 452. The van der Waals surface area contributed by atoms with Gasteiger partial charge >= 0.3 is 41.5 Å². The number of benzene rings is 1. The molecule has 0 saturated heterocycles. The van der Waals surface area contributed by atoms with Gasteiger partial charge < -0.3 is 11.3 Å². The molecule has 0 saturated carbocycles. The van der Waals surface area contributed by atoms with E-state index in [0.29, 0.717) is 6.42 Å². The third-order valence-corrected chi connectivity index (χ3v) is 3.08. The summed E-state index contributed by atoms with van der Waals surface area (Å²) in [4.78, 5) is 22.6. The number of para-hydroxylation sites is 1. The summed E-state index contributed by atoms with van der Waals surface area (Å²) in [5.74, 6) is -1.34. The Morgan fingerprint density at radius 2 is 1.71 bits per heavy atom. The summed E-state index contributed by atoms with van der Waals surface area (Å²) in [7, 11) is 0.